The Kier molecular flexibility index (Phi) is 4.52. The molecule has 0 spiro atoms. The van der Waals surface area contributed by atoms with Gasteiger partial charge in [0.25, 0.3) is 0 Å². The van der Waals surface area contributed by atoms with E-state index < -0.39 is 17.2 Å². The second kappa shape index (κ2) is 5.13. The van der Waals surface area contributed by atoms with Crippen LogP contribution in [-0.2, 0) is 4.57 Å². The predicted octanol–water partition coefficient (Wildman–Crippen LogP) is 2.31. The third-order valence-corrected chi connectivity index (χ3v) is 4.10. The van der Waals surface area contributed by atoms with Gasteiger partial charge in [0.15, 0.2) is 5.85 Å². The first kappa shape index (κ1) is 14.1. The topological polar surface area (TPSA) is 69.6 Å². The monoisotopic (exact) mass is 303 g/mol. The smallest absolute Gasteiger partial charge is 0.225 e. The Morgan fingerprint density at radius 3 is 2.25 bits per heavy atom. The number of rotatable bonds is 3. The maximum atomic E-state index is 11.4. The third-order valence-electron chi connectivity index (χ3n) is 1.57. The second-order valence-electron chi connectivity index (χ2n) is 2.86. The van der Waals surface area contributed by atoms with Crippen molar-refractivity contribution in [2.24, 2.45) is 0 Å². The molecule has 0 bridgehead atoms. The zero-order valence-electron chi connectivity index (χ0n) is 7.72. The first-order chi connectivity index (χ1) is 7.23. The van der Waals surface area contributed by atoms with Crippen LogP contribution in [0.3, 0.4) is 0 Å². The third kappa shape index (κ3) is 3.81. The van der Waals surface area contributed by atoms with Crippen molar-refractivity contribution in [3.63, 3.8) is 0 Å². The molecule has 4 nitrogen and oxygen atoms in total. The molecule has 0 aromatic heterocycles. The quantitative estimate of drug-likeness (QED) is 0.687. The lowest BCUT2D eigenvalue weighted by Gasteiger charge is -2.32. The predicted molar refractivity (Wildman–Crippen MR) is 61.0 cm³/mol. The van der Waals surface area contributed by atoms with Crippen molar-refractivity contribution in [3.05, 3.63) is 30.3 Å². The maximum absolute atomic E-state index is 11.4. The van der Waals surface area contributed by atoms with Crippen LogP contribution in [0, 0.1) is 0 Å². The van der Waals surface area contributed by atoms with E-state index in [0.29, 0.717) is 0 Å². The minimum absolute atomic E-state index is 0.0362. The summed E-state index contributed by atoms with van der Waals surface area (Å²) in [5.41, 5.74) is 0. The minimum atomic E-state index is -4.72. The average Bonchev–Trinajstić information content (AvgIpc) is 2.16. The second-order valence-corrected chi connectivity index (χ2v) is 6.98. The van der Waals surface area contributed by atoms with E-state index >= 15 is 0 Å². The lowest BCUT2D eigenvalue weighted by atomic mass is 10.3. The molecule has 0 aliphatic rings. The molecule has 0 saturated heterocycles. The lowest BCUT2D eigenvalue weighted by Crippen LogP contribution is -2.32. The van der Waals surface area contributed by atoms with Crippen molar-refractivity contribution in [3.8, 4) is 5.75 Å². The van der Waals surface area contributed by atoms with Crippen molar-refractivity contribution in [2.45, 2.75) is 9.64 Å². The molecule has 2 unspecified atom stereocenters. The van der Waals surface area contributed by atoms with Crippen molar-refractivity contribution in [1.29, 1.82) is 0 Å². The first-order valence-corrected chi connectivity index (χ1v) is 6.78. The summed E-state index contributed by atoms with van der Waals surface area (Å²) in [5.74, 6) is -2.20. The summed E-state index contributed by atoms with van der Waals surface area (Å²) < 4.78 is 13.7. The number of benzene rings is 1. The molecule has 0 saturated carbocycles. The number of para-hydroxylation sites is 1. The van der Waals surface area contributed by atoms with Gasteiger partial charge in [-0.25, -0.2) is 0 Å². The highest BCUT2D eigenvalue weighted by Gasteiger charge is 2.40. The van der Waals surface area contributed by atoms with Crippen LogP contribution in [-0.4, -0.2) is 14.7 Å². The van der Waals surface area contributed by atoms with Crippen LogP contribution in [0.1, 0.15) is 0 Å². The minimum Gasteiger partial charge on any atom is -0.767 e. The summed E-state index contributed by atoms with van der Waals surface area (Å²) in [6.07, 6.45) is 0. The summed E-state index contributed by atoms with van der Waals surface area (Å²) in [6.45, 7) is 0. The highest BCUT2D eigenvalue weighted by Crippen LogP contribution is 2.51. The Balaban J connectivity index is 2.84. The van der Waals surface area contributed by atoms with E-state index in [1.807, 2.05) is 0 Å². The SMILES string of the molecule is O=P([O-])(Oc1ccccc1)C(O)C(Cl)(Cl)Cl. The van der Waals surface area contributed by atoms with E-state index in [0.717, 1.165) is 0 Å². The molecule has 2 atom stereocenters. The van der Waals surface area contributed by atoms with Crippen molar-refractivity contribution < 1.29 is 19.1 Å². The van der Waals surface area contributed by atoms with Crippen LogP contribution in [0.25, 0.3) is 0 Å². The fourth-order valence-electron chi connectivity index (χ4n) is 0.857. The molecule has 8 heteroatoms. The molecule has 0 radical (unpaired) electrons. The molecular formula is C8H7Cl3O4P-. The van der Waals surface area contributed by atoms with Crippen molar-refractivity contribution in [1.82, 2.24) is 0 Å². The molecule has 0 fully saturated rings. The summed E-state index contributed by atoms with van der Waals surface area (Å²) in [4.78, 5) is 11.4. The van der Waals surface area contributed by atoms with E-state index in [2.05, 4.69) is 4.52 Å². The molecule has 1 aromatic carbocycles. The van der Waals surface area contributed by atoms with Gasteiger partial charge in [-0.2, -0.15) is 0 Å². The van der Waals surface area contributed by atoms with Gasteiger partial charge >= 0.3 is 0 Å². The molecule has 0 aliphatic carbocycles. The molecule has 0 heterocycles. The Labute approximate surface area is 107 Å². The van der Waals surface area contributed by atoms with Gasteiger partial charge in [0.2, 0.25) is 11.4 Å². The number of hydrogen-bond donors (Lipinski definition) is 1. The number of alkyl halides is 3. The van der Waals surface area contributed by atoms with Crippen LogP contribution in [0.15, 0.2) is 30.3 Å². The van der Waals surface area contributed by atoms with E-state index in [1.54, 1.807) is 18.2 Å². The Morgan fingerprint density at radius 2 is 1.81 bits per heavy atom. The van der Waals surface area contributed by atoms with Gasteiger partial charge in [-0.05, 0) is 12.1 Å². The summed E-state index contributed by atoms with van der Waals surface area (Å²) in [5, 5.41) is 9.28. The van der Waals surface area contributed by atoms with E-state index in [4.69, 9.17) is 34.8 Å². The lowest BCUT2D eigenvalue weighted by molar-refractivity contribution is -0.199. The normalized spacial score (nSPS) is 17.6. The van der Waals surface area contributed by atoms with E-state index in [9.17, 15) is 14.6 Å². The number of hydrogen-bond acceptors (Lipinski definition) is 4. The highest BCUT2D eigenvalue weighted by molar-refractivity contribution is 7.52. The number of halogens is 3. The zero-order chi connectivity index (χ0) is 12.4. The Bertz CT molecular complexity index is 392. The zero-order valence-corrected chi connectivity index (χ0v) is 10.9. The average molecular weight is 304 g/mol. The van der Waals surface area contributed by atoms with Gasteiger partial charge in [0.05, 0.1) is 0 Å². The first-order valence-electron chi connectivity index (χ1n) is 4.03. The van der Waals surface area contributed by atoms with Gasteiger partial charge < -0.3 is 14.5 Å². The Morgan fingerprint density at radius 1 is 1.31 bits per heavy atom. The molecular weight excluding hydrogens is 297 g/mol. The fraction of sp³-hybridized carbons (Fsp3) is 0.250. The molecule has 1 rings (SSSR count). The summed E-state index contributed by atoms with van der Waals surface area (Å²) in [6, 6.07) is 7.60. The molecule has 16 heavy (non-hydrogen) atoms. The van der Waals surface area contributed by atoms with Crippen LogP contribution in [0.2, 0.25) is 0 Å². The van der Waals surface area contributed by atoms with Gasteiger partial charge in [-0.15, -0.1) is 0 Å². The van der Waals surface area contributed by atoms with Crippen LogP contribution >= 0.6 is 42.4 Å². The van der Waals surface area contributed by atoms with Crippen molar-refractivity contribution in [2.75, 3.05) is 0 Å². The molecule has 1 aromatic rings. The van der Waals surface area contributed by atoms with Gasteiger partial charge in [0.1, 0.15) is 5.75 Å². The van der Waals surface area contributed by atoms with Crippen LogP contribution < -0.4 is 9.42 Å². The fourth-order valence-corrected chi connectivity index (χ4v) is 2.81. The summed E-state index contributed by atoms with van der Waals surface area (Å²) in [7, 11) is -4.72. The number of aliphatic hydroxyl groups excluding tert-OH is 1. The van der Waals surface area contributed by atoms with E-state index in [1.165, 1.54) is 12.1 Å². The largest absolute Gasteiger partial charge is 0.767 e. The van der Waals surface area contributed by atoms with Crippen LogP contribution in [0.5, 0.6) is 5.75 Å². The summed E-state index contributed by atoms with van der Waals surface area (Å²) >= 11 is 15.8. The highest BCUT2D eigenvalue weighted by atomic mass is 35.6. The van der Waals surface area contributed by atoms with Crippen LogP contribution in [0.4, 0.5) is 0 Å². The molecule has 1 N–H and O–H groups in total. The Hall–Kier alpha value is 0.0400. The molecule has 90 valence electrons. The number of aliphatic hydroxyl groups is 1. The van der Waals surface area contributed by atoms with Crippen molar-refractivity contribution >= 4 is 42.4 Å². The molecule has 0 aliphatic heterocycles. The van der Waals surface area contributed by atoms with E-state index in [-0.39, 0.29) is 5.75 Å². The standard InChI is InChI=1S/C8H8Cl3O4P/c9-8(10,11)7(12)16(13,14)15-6-4-2-1-3-5-6/h1-5,7,12H,(H,13,14)/p-1. The van der Waals surface area contributed by atoms with Gasteiger partial charge in [-0.1, -0.05) is 53.0 Å². The van der Waals surface area contributed by atoms with Gasteiger partial charge in [-0.3, -0.25) is 4.57 Å². The van der Waals surface area contributed by atoms with Gasteiger partial charge in [0, 0.05) is 0 Å². The maximum Gasteiger partial charge on any atom is 0.225 e. The molecule has 0 amide bonds.